The van der Waals surface area contributed by atoms with Crippen molar-refractivity contribution in [2.75, 3.05) is 44.6 Å². The summed E-state index contributed by atoms with van der Waals surface area (Å²) in [6, 6.07) is -0.0344. The van der Waals surface area contributed by atoms with E-state index in [4.69, 9.17) is 0 Å². The summed E-state index contributed by atoms with van der Waals surface area (Å²) in [7, 11) is 0. The second-order valence-corrected chi connectivity index (χ2v) is 9.94. The van der Waals surface area contributed by atoms with Crippen molar-refractivity contribution >= 4 is 34.2 Å². The molecule has 3 amide bonds. The van der Waals surface area contributed by atoms with Crippen LogP contribution in [0.1, 0.15) is 58.6 Å². The number of carbonyl (C=O) groups is 3. The maximum absolute atomic E-state index is 12.9. The van der Waals surface area contributed by atoms with E-state index in [-0.39, 0.29) is 42.6 Å². The van der Waals surface area contributed by atoms with E-state index in [9.17, 15) is 14.4 Å². The fourth-order valence-electron chi connectivity index (χ4n) is 4.44. The minimum atomic E-state index is -0.245. The number of hydrogen-bond acceptors (Lipinski definition) is 6. The van der Waals surface area contributed by atoms with Gasteiger partial charge in [0.25, 0.3) is 0 Å². The molecule has 0 unspecified atom stereocenters. The van der Waals surface area contributed by atoms with E-state index in [1.165, 1.54) is 17.8 Å². The van der Waals surface area contributed by atoms with Gasteiger partial charge < -0.3 is 20.0 Å². The summed E-state index contributed by atoms with van der Waals surface area (Å²) in [6.07, 6.45) is 5.45. The molecule has 1 aromatic heterocycles. The highest BCUT2D eigenvalue weighted by atomic mass is 32.1. The van der Waals surface area contributed by atoms with E-state index in [0.29, 0.717) is 10.8 Å². The van der Waals surface area contributed by atoms with Crippen LogP contribution in [0.2, 0.25) is 0 Å². The average molecular weight is 464 g/mol. The third kappa shape index (κ3) is 6.75. The average Bonchev–Trinajstić information content (AvgIpc) is 3.23. The van der Waals surface area contributed by atoms with Crippen LogP contribution < -0.4 is 5.32 Å². The Kier molecular flexibility index (Phi) is 9.04. The van der Waals surface area contributed by atoms with E-state index in [0.717, 1.165) is 58.4 Å². The molecule has 178 valence electrons. The lowest BCUT2D eigenvalue weighted by molar-refractivity contribution is -0.141. The van der Waals surface area contributed by atoms with Crippen molar-refractivity contribution in [3.63, 3.8) is 0 Å². The molecule has 8 nitrogen and oxygen atoms in total. The molecule has 0 spiro atoms. The summed E-state index contributed by atoms with van der Waals surface area (Å²) in [5, 5.41) is 5.11. The zero-order valence-electron chi connectivity index (χ0n) is 19.6. The van der Waals surface area contributed by atoms with Gasteiger partial charge in [0.05, 0.1) is 12.1 Å². The number of anilines is 1. The summed E-state index contributed by atoms with van der Waals surface area (Å²) in [6.45, 7) is 10.4. The number of carbonyl (C=O) groups excluding carboxylic acids is 3. The molecule has 1 saturated carbocycles. The largest absolute Gasteiger partial charge is 0.340 e. The molecule has 0 aromatic carbocycles. The molecule has 3 rings (SSSR count). The topological polar surface area (TPSA) is 85.9 Å². The highest BCUT2D eigenvalue weighted by Gasteiger charge is 2.29. The normalized spacial score (nSPS) is 18.1. The first kappa shape index (κ1) is 24.6. The van der Waals surface area contributed by atoms with Crippen LogP contribution in [0.3, 0.4) is 0 Å². The highest BCUT2D eigenvalue weighted by Crippen LogP contribution is 2.26. The molecule has 2 fully saturated rings. The quantitative estimate of drug-likeness (QED) is 0.641. The van der Waals surface area contributed by atoms with Crippen molar-refractivity contribution in [3.05, 3.63) is 11.1 Å². The standard InChI is InChI=1S/C23H37N5O3S/c1-4-26-10-12-27(13-11-26)21(30)14-19-16-32-23(24-19)25-20(29)15-28(17(2)3)22(31)18-8-6-5-7-9-18/h16-18H,4-15H2,1-3H3,(H,24,25,29). The summed E-state index contributed by atoms with van der Waals surface area (Å²) >= 11 is 1.32. The van der Waals surface area contributed by atoms with Gasteiger partial charge in [-0.05, 0) is 33.2 Å². The highest BCUT2D eigenvalue weighted by molar-refractivity contribution is 7.13. The number of nitrogens with one attached hydrogen (secondary N) is 1. The van der Waals surface area contributed by atoms with Crippen LogP contribution in [0.15, 0.2) is 5.38 Å². The van der Waals surface area contributed by atoms with E-state index < -0.39 is 0 Å². The predicted molar refractivity (Wildman–Crippen MR) is 127 cm³/mol. The zero-order chi connectivity index (χ0) is 23.1. The van der Waals surface area contributed by atoms with Gasteiger partial charge in [-0.3, -0.25) is 14.4 Å². The van der Waals surface area contributed by atoms with E-state index in [2.05, 4.69) is 22.1 Å². The SMILES string of the molecule is CCN1CCN(C(=O)Cc2csc(NC(=O)CN(C(=O)C3CCCCC3)C(C)C)n2)CC1. The maximum atomic E-state index is 12.9. The van der Waals surface area contributed by atoms with Crippen LogP contribution in [-0.2, 0) is 20.8 Å². The predicted octanol–water partition coefficient (Wildman–Crippen LogP) is 2.61. The van der Waals surface area contributed by atoms with Gasteiger partial charge in [0.1, 0.15) is 6.54 Å². The Hall–Kier alpha value is -2.00. The molecule has 2 aliphatic rings. The van der Waals surface area contributed by atoms with Gasteiger partial charge in [-0.25, -0.2) is 4.98 Å². The second-order valence-electron chi connectivity index (χ2n) is 9.08. The molecule has 0 radical (unpaired) electrons. The summed E-state index contributed by atoms with van der Waals surface area (Å²) in [5.74, 6) is -0.0437. The fourth-order valence-corrected chi connectivity index (χ4v) is 5.16. The first-order chi connectivity index (χ1) is 15.4. The van der Waals surface area contributed by atoms with Crippen LogP contribution in [0.5, 0.6) is 0 Å². The molecule has 32 heavy (non-hydrogen) atoms. The first-order valence-electron chi connectivity index (χ1n) is 11.9. The maximum Gasteiger partial charge on any atom is 0.245 e. The molecule has 0 bridgehead atoms. The number of nitrogens with zero attached hydrogens (tertiary/aromatic N) is 4. The van der Waals surface area contributed by atoms with Crippen LogP contribution in [0.4, 0.5) is 5.13 Å². The molecule has 1 aliphatic carbocycles. The Balaban J connectivity index is 1.49. The lowest BCUT2D eigenvalue weighted by Crippen LogP contribution is -2.48. The summed E-state index contributed by atoms with van der Waals surface area (Å²) in [5.41, 5.74) is 0.673. The van der Waals surface area contributed by atoms with Crippen LogP contribution >= 0.6 is 11.3 Å². The van der Waals surface area contributed by atoms with Gasteiger partial charge in [0.15, 0.2) is 5.13 Å². The summed E-state index contributed by atoms with van der Waals surface area (Å²) in [4.78, 5) is 48.5. The molecule has 1 N–H and O–H groups in total. The van der Waals surface area contributed by atoms with Crippen molar-refractivity contribution in [1.82, 2.24) is 19.7 Å². The van der Waals surface area contributed by atoms with Gasteiger partial charge in [-0.15, -0.1) is 11.3 Å². The van der Waals surface area contributed by atoms with Gasteiger partial charge >= 0.3 is 0 Å². The van der Waals surface area contributed by atoms with Gasteiger partial charge in [-0.1, -0.05) is 26.2 Å². The lowest BCUT2D eigenvalue weighted by Gasteiger charge is -2.34. The Morgan fingerprint density at radius 2 is 1.84 bits per heavy atom. The van der Waals surface area contributed by atoms with Crippen molar-refractivity contribution in [2.24, 2.45) is 5.92 Å². The number of rotatable bonds is 8. The Labute approximate surface area is 195 Å². The number of piperazine rings is 1. The van der Waals surface area contributed by atoms with Gasteiger partial charge in [0.2, 0.25) is 17.7 Å². The summed E-state index contributed by atoms with van der Waals surface area (Å²) < 4.78 is 0. The zero-order valence-corrected chi connectivity index (χ0v) is 20.5. The molecule has 0 atom stereocenters. The van der Waals surface area contributed by atoms with Crippen LogP contribution in [0.25, 0.3) is 0 Å². The molecular formula is C23H37N5O3S. The number of hydrogen-bond donors (Lipinski definition) is 1. The molecule has 1 saturated heterocycles. The van der Waals surface area contributed by atoms with Crippen LogP contribution in [0, 0.1) is 5.92 Å². The smallest absolute Gasteiger partial charge is 0.245 e. The van der Waals surface area contributed by atoms with Crippen LogP contribution in [-0.4, -0.2) is 82.7 Å². The third-order valence-corrected chi connectivity index (χ3v) is 7.28. The minimum absolute atomic E-state index is 0.0303. The van der Waals surface area contributed by atoms with Crippen molar-refractivity contribution in [1.29, 1.82) is 0 Å². The fraction of sp³-hybridized carbons (Fsp3) is 0.739. The molecule has 1 aromatic rings. The lowest BCUT2D eigenvalue weighted by atomic mass is 9.88. The van der Waals surface area contributed by atoms with Crippen molar-refractivity contribution in [3.8, 4) is 0 Å². The van der Waals surface area contributed by atoms with E-state index in [1.54, 1.807) is 4.90 Å². The first-order valence-corrected chi connectivity index (χ1v) is 12.8. The number of likely N-dealkylation sites (N-methyl/N-ethyl adjacent to an activating group) is 1. The molecule has 9 heteroatoms. The third-order valence-electron chi connectivity index (χ3n) is 6.48. The Morgan fingerprint density at radius 1 is 1.16 bits per heavy atom. The second kappa shape index (κ2) is 11.7. The Bertz CT molecular complexity index is 782. The van der Waals surface area contributed by atoms with Crippen molar-refractivity contribution < 1.29 is 14.4 Å². The number of aromatic nitrogens is 1. The van der Waals surface area contributed by atoms with Gasteiger partial charge in [-0.2, -0.15) is 0 Å². The molecule has 1 aliphatic heterocycles. The minimum Gasteiger partial charge on any atom is -0.340 e. The molecular weight excluding hydrogens is 426 g/mol. The number of thiazole rings is 1. The van der Waals surface area contributed by atoms with E-state index in [1.807, 2.05) is 24.1 Å². The number of amides is 3. The van der Waals surface area contributed by atoms with Gasteiger partial charge in [0, 0.05) is 43.5 Å². The monoisotopic (exact) mass is 463 g/mol. The molecule has 2 heterocycles. The Morgan fingerprint density at radius 3 is 2.47 bits per heavy atom. The van der Waals surface area contributed by atoms with Crippen molar-refractivity contribution in [2.45, 2.75) is 65.3 Å². The van der Waals surface area contributed by atoms with E-state index >= 15 is 0 Å².